The van der Waals surface area contributed by atoms with Gasteiger partial charge < -0.3 is 20.1 Å². The zero-order valence-electron chi connectivity index (χ0n) is 19.1. The summed E-state index contributed by atoms with van der Waals surface area (Å²) in [6.07, 6.45) is 7.25. The molecule has 4 rings (SSSR count). The molecule has 8 heteroatoms. The second-order valence-corrected chi connectivity index (χ2v) is 8.79. The number of guanidine groups is 1. The molecule has 1 aromatic heterocycles. The summed E-state index contributed by atoms with van der Waals surface area (Å²) in [5.41, 5.74) is 2.02. The van der Waals surface area contributed by atoms with Gasteiger partial charge in [-0.25, -0.2) is 0 Å². The number of aryl methyl sites for hydroxylation is 1. The molecule has 0 bridgehead atoms. The van der Waals surface area contributed by atoms with E-state index in [9.17, 15) is 4.79 Å². The molecule has 32 heavy (non-hydrogen) atoms. The van der Waals surface area contributed by atoms with Gasteiger partial charge in [-0.15, -0.1) is 0 Å². The molecule has 1 aliphatic carbocycles. The van der Waals surface area contributed by atoms with Crippen molar-refractivity contribution in [3.8, 4) is 11.5 Å². The van der Waals surface area contributed by atoms with Gasteiger partial charge in [0, 0.05) is 50.6 Å². The van der Waals surface area contributed by atoms with Gasteiger partial charge in [-0.05, 0) is 43.4 Å². The zero-order valence-corrected chi connectivity index (χ0v) is 19.1. The monoisotopic (exact) mass is 438 g/mol. The van der Waals surface area contributed by atoms with Crippen molar-refractivity contribution in [1.29, 1.82) is 0 Å². The fraction of sp³-hybridized carbons (Fsp3) is 0.583. The SMILES string of the molecule is CCCc1noc(-c2cccc(CNC(=NC)NC3CCN(C(=O)C4CCCC4)C3)c2)n1. The van der Waals surface area contributed by atoms with Gasteiger partial charge in [0.1, 0.15) is 0 Å². The normalized spacial score (nSPS) is 19.5. The van der Waals surface area contributed by atoms with E-state index in [-0.39, 0.29) is 12.0 Å². The van der Waals surface area contributed by atoms with E-state index in [0.717, 1.165) is 68.1 Å². The highest BCUT2D eigenvalue weighted by molar-refractivity contribution is 5.81. The Balaban J connectivity index is 1.29. The van der Waals surface area contributed by atoms with Gasteiger partial charge in [-0.1, -0.05) is 37.1 Å². The Hall–Kier alpha value is -2.90. The van der Waals surface area contributed by atoms with Crippen molar-refractivity contribution in [2.75, 3.05) is 20.1 Å². The van der Waals surface area contributed by atoms with E-state index in [1.807, 2.05) is 17.0 Å². The van der Waals surface area contributed by atoms with Crippen LogP contribution in [0.2, 0.25) is 0 Å². The molecule has 2 heterocycles. The van der Waals surface area contributed by atoms with E-state index >= 15 is 0 Å². The quantitative estimate of drug-likeness (QED) is 0.509. The zero-order chi connectivity index (χ0) is 22.3. The number of hydrogen-bond acceptors (Lipinski definition) is 5. The number of hydrogen-bond donors (Lipinski definition) is 2. The highest BCUT2D eigenvalue weighted by Crippen LogP contribution is 2.28. The van der Waals surface area contributed by atoms with Gasteiger partial charge >= 0.3 is 0 Å². The van der Waals surface area contributed by atoms with Gasteiger partial charge in [-0.2, -0.15) is 4.98 Å². The fourth-order valence-corrected chi connectivity index (χ4v) is 4.59. The number of aromatic nitrogens is 2. The van der Waals surface area contributed by atoms with Crippen LogP contribution in [0.4, 0.5) is 0 Å². The van der Waals surface area contributed by atoms with Crippen molar-refractivity contribution >= 4 is 11.9 Å². The third-order valence-corrected chi connectivity index (χ3v) is 6.34. The number of rotatable bonds is 7. The van der Waals surface area contributed by atoms with Gasteiger partial charge in [-0.3, -0.25) is 9.79 Å². The van der Waals surface area contributed by atoms with Crippen molar-refractivity contribution < 1.29 is 9.32 Å². The van der Waals surface area contributed by atoms with Crippen molar-refractivity contribution in [2.24, 2.45) is 10.9 Å². The van der Waals surface area contributed by atoms with E-state index in [0.29, 0.717) is 18.3 Å². The van der Waals surface area contributed by atoms with Crippen molar-refractivity contribution in [2.45, 2.75) is 64.5 Å². The van der Waals surface area contributed by atoms with Crippen LogP contribution in [0.3, 0.4) is 0 Å². The lowest BCUT2D eigenvalue weighted by molar-refractivity contribution is -0.134. The smallest absolute Gasteiger partial charge is 0.257 e. The summed E-state index contributed by atoms with van der Waals surface area (Å²) in [6, 6.07) is 8.32. The largest absolute Gasteiger partial charge is 0.352 e. The van der Waals surface area contributed by atoms with Crippen LogP contribution in [0.5, 0.6) is 0 Å². The predicted octanol–water partition coefficient (Wildman–Crippen LogP) is 3.15. The highest BCUT2D eigenvalue weighted by Gasteiger charge is 2.32. The highest BCUT2D eigenvalue weighted by atomic mass is 16.5. The molecule has 0 spiro atoms. The molecule has 1 aliphatic heterocycles. The topological polar surface area (TPSA) is 95.6 Å². The first-order chi connectivity index (χ1) is 15.7. The molecule has 2 fully saturated rings. The number of amides is 1. The van der Waals surface area contributed by atoms with Crippen LogP contribution in [0.15, 0.2) is 33.8 Å². The molecule has 2 aliphatic rings. The van der Waals surface area contributed by atoms with Crippen LogP contribution in [0.25, 0.3) is 11.5 Å². The first-order valence-corrected chi connectivity index (χ1v) is 11.8. The van der Waals surface area contributed by atoms with Crippen LogP contribution >= 0.6 is 0 Å². The molecular weight excluding hydrogens is 404 g/mol. The Morgan fingerprint density at radius 3 is 2.91 bits per heavy atom. The molecule has 0 radical (unpaired) electrons. The minimum absolute atomic E-state index is 0.230. The van der Waals surface area contributed by atoms with Crippen LogP contribution in [-0.4, -0.2) is 53.1 Å². The average molecular weight is 439 g/mol. The van der Waals surface area contributed by atoms with Crippen molar-refractivity contribution in [3.05, 3.63) is 35.7 Å². The lowest BCUT2D eigenvalue weighted by Crippen LogP contribution is -2.45. The minimum atomic E-state index is 0.230. The second kappa shape index (κ2) is 10.6. The van der Waals surface area contributed by atoms with E-state index in [2.05, 4.69) is 44.8 Å². The molecule has 1 amide bonds. The maximum Gasteiger partial charge on any atom is 0.257 e. The van der Waals surface area contributed by atoms with E-state index < -0.39 is 0 Å². The van der Waals surface area contributed by atoms with Gasteiger partial charge in [0.05, 0.1) is 0 Å². The van der Waals surface area contributed by atoms with Gasteiger partial charge in [0.15, 0.2) is 11.8 Å². The summed E-state index contributed by atoms with van der Waals surface area (Å²) in [4.78, 5) is 23.6. The summed E-state index contributed by atoms with van der Waals surface area (Å²) in [6.45, 7) is 4.31. The third kappa shape index (κ3) is 5.47. The lowest BCUT2D eigenvalue weighted by atomic mass is 10.1. The summed E-state index contributed by atoms with van der Waals surface area (Å²) >= 11 is 0. The molecule has 1 saturated heterocycles. The molecule has 8 nitrogen and oxygen atoms in total. The van der Waals surface area contributed by atoms with Crippen molar-refractivity contribution in [3.63, 3.8) is 0 Å². The predicted molar refractivity (Wildman–Crippen MR) is 124 cm³/mol. The Labute approximate surface area is 189 Å². The maximum atomic E-state index is 12.7. The first kappa shape index (κ1) is 22.3. The van der Waals surface area contributed by atoms with Crippen LogP contribution in [0.1, 0.15) is 56.8 Å². The standard InChI is InChI=1S/C24H34N6O2/c1-3-7-21-28-22(32-29-21)19-11-6-8-17(14-19)15-26-24(25-2)27-20-12-13-30(16-20)23(31)18-9-4-5-10-18/h6,8,11,14,18,20H,3-5,7,9-10,12-13,15-16H2,1-2H3,(H2,25,26,27). The van der Waals surface area contributed by atoms with E-state index in [1.165, 1.54) is 12.8 Å². The van der Waals surface area contributed by atoms with Crippen LogP contribution < -0.4 is 10.6 Å². The summed E-state index contributed by atoms with van der Waals surface area (Å²) in [5.74, 6) is 2.63. The number of carbonyl (C=O) groups is 1. The Morgan fingerprint density at radius 1 is 1.28 bits per heavy atom. The number of benzene rings is 1. The van der Waals surface area contributed by atoms with E-state index in [4.69, 9.17) is 4.52 Å². The van der Waals surface area contributed by atoms with Gasteiger partial charge in [0.2, 0.25) is 5.91 Å². The number of nitrogens with one attached hydrogen (secondary N) is 2. The molecule has 1 atom stereocenters. The molecule has 2 aromatic rings. The van der Waals surface area contributed by atoms with Gasteiger partial charge in [0.25, 0.3) is 5.89 Å². The summed E-state index contributed by atoms with van der Waals surface area (Å²) in [5, 5.41) is 10.9. The number of likely N-dealkylation sites (tertiary alicyclic amines) is 1. The number of nitrogens with zero attached hydrogens (tertiary/aromatic N) is 4. The number of aliphatic imine (C=N–C) groups is 1. The average Bonchev–Trinajstić information content (AvgIpc) is 3.59. The lowest BCUT2D eigenvalue weighted by Gasteiger charge is -2.21. The molecule has 172 valence electrons. The molecule has 1 saturated carbocycles. The summed E-state index contributed by atoms with van der Waals surface area (Å²) in [7, 11) is 1.77. The number of carbonyl (C=O) groups excluding carboxylic acids is 1. The third-order valence-electron chi connectivity index (χ3n) is 6.34. The second-order valence-electron chi connectivity index (χ2n) is 8.79. The minimum Gasteiger partial charge on any atom is -0.352 e. The summed E-state index contributed by atoms with van der Waals surface area (Å²) < 4.78 is 5.41. The first-order valence-electron chi connectivity index (χ1n) is 11.8. The Morgan fingerprint density at radius 2 is 2.12 bits per heavy atom. The maximum absolute atomic E-state index is 12.7. The molecular formula is C24H34N6O2. The Kier molecular flexibility index (Phi) is 7.39. The Bertz CT molecular complexity index is 934. The van der Waals surface area contributed by atoms with Crippen LogP contribution in [-0.2, 0) is 17.8 Å². The molecule has 1 aromatic carbocycles. The van der Waals surface area contributed by atoms with E-state index in [1.54, 1.807) is 7.05 Å². The molecule has 1 unspecified atom stereocenters. The fourth-order valence-electron chi connectivity index (χ4n) is 4.59. The van der Waals surface area contributed by atoms with Crippen molar-refractivity contribution in [1.82, 2.24) is 25.7 Å². The molecule has 2 N–H and O–H groups in total. The van der Waals surface area contributed by atoms with Crippen LogP contribution in [0, 0.1) is 5.92 Å².